The van der Waals surface area contributed by atoms with Gasteiger partial charge in [0.25, 0.3) is 0 Å². The number of aromatic carboxylic acids is 1. The van der Waals surface area contributed by atoms with Crippen LogP contribution in [0.4, 0.5) is 0 Å². The van der Waals surface area contributed by atoms with Gasteiger partial charge < -0.3 is 5.11 Å². The minimum atomic E-state index is -0.990. The lowest BCUT2D eigenvalue weighted by Gasteiger charge is -2.03. The lowest BCUT2D eigenvalue weighted by molar-refractivity contribution is 0.0695. The number of hydrogen-bond donors (Lipinski definition) is 1. The van der Waals surface area contributed by atoms with E-state index in [-0.39, 0.29) is 5.56 Å². The zero-order valence-electron chi connectivity index (χ0n) is 9.01. The molecular weight excluding hydrogens is 284 g/mol. The molecule has 86 valence electrons. The van der Waals surface area contributed by atoms with E-state index in [2.05, 4.69) is 26.1 Å². The molecule has 2 aromatic rings. The van der Waals surface area contributed by atoms with Crippen LogP contribution in [-0.4, -0.2) is 21.3 Å². The van der Waals surface area contributed by atoms with E-state index in [1.807, 2.05) is 24.3 Å². The summed E-state index contributed by atoms with van der Waals surface area (Å²) in [5, 5.41) is 16.9. The average Bonchev–Trinajstić information content (AvgIpc) is 2.30. The average molecular weight is 293 g/mol. The van der Waals surface area contributed by atoms with Gasteiger partial charge in [0.2, 0.25) is 0 Å². The van der Waals surface area contributed by atoms with Gasteiger partial charge in [-0.15, -0.1) is 0 Å². The van der Waals surface area contributed by atoms with E-state index in [4.69, 9.17) is 5.11 Å². The maximum atomic E-state index is 11.0. The number of hydrogen-bond acceptors (Lipinski definition) is 3. The largest absolute Gasteiger partial charge is 0.478 e. The van der Waals surface area contributed by atoms with Crippen LogP contribution in [0, 0.1) is 6.92 Å². The molecule has 1 N–H and O–H groups in total. The second-order valence-electron chi connectivity index (χ2n) is 3.54. The monoisotopic (exact) mass is 292 g/mol. The first-order valence-corrected chi connectivity index (χ1v) is 5.71. The number of carbonyl (C=O) groups is 1. The van der Waals surface area contributed by atoms with Gasteiger partial charge in [0, 0.05) is 10.0 Å². The molecule has 0 unspecified atom stereocenters. The number of rotatable bonds is 2. The molecule has 0 bridgehead atoms. The first-order valence-electron chi connectivity index (χ1n) is 4.91. The van der Waals surface area contributed by atoms with Crippen LogP contribution in [-0.2, 0) is 0 Å². The zero-order valence-corrected chi connectivity index (χ0v) is 10.6. The van der Waals surface area contributed by atoms with Crippen LogP contribution in [0.5, 0.6) is 0 Å². The molecule has 2 rings (SSSR count). The Morgan fingerprint density at radius 1 is 1.24 bits per heavy atom. The normalized spacial score (nSPS) is 10.2. The van der Waals surface area contributed by atoms with Crippen molar-refractivity contribution in [3.05, 3.63) is 46.1 Å². The van der Waals surface area contributed by atoms with Crippen molar-refractivity contribution in [3.63, 3.8) is 0 Å². The lowest BCUT2D eigenvalue weighted by Crippen LogP contribution is -2.04. The Morgan fingerprint density at radius 2 is 1.88 bits per heavy atom. The molecular formula is C12H9BrN2O2. The van der Waals surface area contributed by atoms with E-state index >= 15 is 0 Å². The minimum Gasteiger partial charge on any atom is -0.478 e. The van der Waals surface area contributed by atoms with Gasteiger partial charge in [0.05, 0.1) is 17.0 Å². The molecule has 1 aromatic heterocycles. The van der Waals surface area contributed by atoms with Crippen molar-refractivity contribution in [2.24, 2.45) is 0 Å². The second kappa shape index (κ2) is 4.63. The second-order valence-corrected chi connectivity index (χ2v) is 4.46. The summed E-state index contributed by atoms with van der Waals surface area (Å²) in [7, 11) is 0. The van der Waals surface area contributed by atoms with Crippen molar-refractivity contribution in [2.75, 3.05) is 0 Å². The molecule has 0 aliphatic heterocycles. The summed E-state index contributed by atoms with van der Waals surface area (Å²) < 4.78 is 0.958. The molecule has 17 heavy (non-hydrogen) atoms. The van der Waals surface area contributed by atoms with Crippen molar-refractivity contribution >= 4 is 21.9 Å². The standard InChI is InChI=1S/C12H9BrN2O2/c1-7-10(12(16)17)6-11(15-14-7)8-2-4-9(13)5-3-8/h2-6H,1H3,(H,16,17). The summed E-state index contributed by atoms with van der Waals surface area (Å²) in [5.74, 6) is -0.990. The smallest absolute Gasteiger partial charge is 0.337 e. The van der Waals surface area contributed by atoms with Crippen molar-refractivity contribution in [3.8, 4) is 11.3 Å². The van der Waals surface area contributed by atoms with Gasteiger partial charge in [-0.05, 0) is 25.1 Å². The van der Waals surface area contributed by atoms with Gasteiger partial charge in [-0.2, -0.15) is 10.2 Å². The fourth-order valence-corrected chi connectivity index (χ4v) is 1.70. The molecule has 0 saturated heterocycles. The number of carboxylic acids is 1. The number of carboxylic acid groups (broad SMARTS) is 1. The van der Waals surface area contributed by atoms with E-state index in [0.717, 1.165) is 10.0 Å². The van der Waals surface area contributed by atoms with E-state index in [1.54, 1.807) is 6.92 Å². The fraction of sp³-hybridized carbons (Fsp3) is 0.0833. The molecule has 0 saturated carbocycles. The van der Waals surface area contributed by atoms with Gasteiger partial charge in [-0.3, -0.25) is 0 Å². The fourth-order valence-electron chi connectivity index (χ4n) is 1.43. The third kappa shape index (κ3) is 2.50. The minimum absolute atomic E-state index is 0.179. The van der Waals surface area contributed by atoms with Crippen LogP contribution in [0.25, 0.3) is 11.3 Å². The molecule has 0 amide bonds. The Labute approximate surface area is 106 Å². The van der Waals surface area contributed by atoms with Crippen molar-refractivity contribution in [1.29, 1.82) is 0 Å². The topological polar surface area (TPSA) is 63.1 Å². The highest BCUT2D eigenvalue weighted by Gasteiger charge is 2.11. The summed E-state index contributed by atoms with van der Waals surface area (Å²) in [6.45, 7) is 1.63. The summed E-state index contributed by atoms with van der Waals surface area (Å²) >= 11 is 3.34. The number of benzene rings is 1. The molecule has 0 aliphatic rings. The van der Waals surface area contributed by atoms with Crippen molar-refractivity contribution in [2.45, 2.75) is 6.92 Å². The third-order valence-electron chi connectivity index (χ3n) is 2.35. The van der Waals surface area contributed by atoms with Crippen LogP contribution >= 0.6 is 15.9 Å². The first-order chi connectivity index (χ1) is 8.08. The Kier molecular flexibility index (Phi) is 3.19. The van der Waals surface area contributed by atoms with Gasteiger partial charge in [0.15, 0.2) is 0 Å². The summed E-state index contributed by atoms with van der Waals surface area (Å²) in [5.41, 5.74) is 1.99. The summed E-state index contributed by atoms with van der Waals surface area (Å²) in [4.78, 5) is 11.0. The molecule has 0 atom stereocenters. The molecule has 0 fully saturated rings. The van der Waals surface area contributed by atoms with Crippen molar-refractivity contribution < 1.29 is 9.90 Å². The third-order valence-corrected chi connectivity index (χ3v) is 2.88. The Bertz CT molecular complexity index is 567. The van der Waals surface area contributed by atoms with Crippen LogP contribution in [0.2, 0.25) is 0 Å². The highest BCUT2D eigenvalue weighted by atomic mass is 79.9. The number of aryl methyl sites for hydroxylation is 1. The van der Waals surface area contributed by atoms with Crippen LogP contribution < -0.4 is 0 Å². The quantitative estimate of drug-likeness (QED) is 0.924. The lowest BCUT2D eigenvalue weighted by atomic mass is 10.1. The predicted octanol–water partition coefficient (Wildman–Crippen LogP) is 2.91. The maximum absolute atomic E-state index is 11.0. The SMILES string of the molecule is Cc1nnc(-c2ccc(Br)cc2)cc1C(=O)O. The molecule has 5 heteroatoms. The van der Waals surface area contributed by atoms with E-state index < -0.39 is 5.97 Å². The molecule has 1 aromatic carbocycles. The highest BCUT2D eigenvalue weighted by Crippen LogP contribution is 2.20. The number of halogens is 1. The Balaban J connectivity index is 2.50. The van der Waals surface area contributed by atoms with E-state index in [0.29, 0.717) is 11.4 Å². The Morgan fingerprint density at radius 3 is 2.47 bits per heavy atom. The number of nitrogens with zero attached hydrogens (tertiary/aromatic N) is 2. The molecule has 4 nitrogen and oxygen atoms in total. The Hall–Kier alpha value is -1.75. The molecule has 0 aliphatic carbocycles. The van der Waals surface area contributed by atoms with E-state index in [9.17, 15) is 4.79 Å². The first kappa shape index (κ1) is 11.7. The zero-order chi connectivity index (χ0) is 12.4. The molecule has 0 radical (unpaired) electrons. The predicted molar refractivity (Wildman–Crippen MR) is 66.9 cm³/mol. The van der Waals surface area contributed by atoms with Gasteiger partial charge in [-0.1, -0.05) is 28.1 Å². The van der Waals surface area contributed by atoms with Gasteiger partial charge in [0.1, 0.15) is 0 Å². The van der Waals surface area contributed by atoms with E-state index in [1.165, 1.54) is 6.07 Å². The van der Waals surface area contributed by atoms with Crippen LogP contribution in [0.1, 0.15) is 16.1 Å². The van der Waals surface area contributed by atoms with Crippen molar-refractivity contribution in [1.82, 2.24) is 10.2 Å². The summed E-state index contributed by atoms with van der Waals surface area (Å²) in [6.07, 6.45) is 0. The van der Waals surface area contributed by atoms with Gasteiger partial charge >= 0.3 is 5.97 Å². The van der Waals surface area contributed by atoms with Crippen LogP contribution in [0.3, 0.4) is 0 Å². The molecule has 0 spiro atoms. The maximum Gasteiger partial charge on any atom is 0.337 e. The molecule has 1 heterocycles. The number of aromatic nitrogens is 2. The summed E-state index contributed by atoms with van der Waals surface area (Å²) in [6, 6.07) is 8.99. The highest BCUT2D eigenvalue weighted by molar-refractivity contribution is 9.10. The van der Waals surface area contributed by atoms with Gasteiger partial charge in [-0.25, -0.2) is 4.79 Å². The van der Waals surface area contributed by atoms with Crippen LogP contribution in [0.15, 0.2) is 34.8 Å².